The number of furan rings is 1. The van der Waals surface area contributed by atoms with Gasteiger partial charge in [-0.25, -0.2) is 8.51 Å². The van der Waals surface area contributed by atoms with Crippen LogP contribution in [0.5, 0.6) is 0 Å². The maximum Gasteiger partial charge on any atom is 0.238 e. The molecule has 1 unspecified atom stereocenters. The van der Waals surface area contributed by atoms with Gasteiger partial charge in [0.15, 0.2) is 0 Å². The summed E-state index contributed by atoms with van der Waals surface area (Å²) in [6.45, 7) is 2.97. The highest BCUT2D eigenvalue weighted by Crippen LogP contribution is 2.29. The summed E-state index contributed by atoms with van der Waals surface area (Å²) in [6, 6.07) is 7.51. The van der Waals surface area contributed by atoms with Crippen molar-refractivity contribution in [2.45, 2.75) is 4.90 Å². The van der Waals surface area contributed by atoms with Gasteiger partial charge in [0.05, 0.1) is 17.7 Å². The first-order valence-corrected chi connectivity index (χ1v) is 10.4. The van der Waals surface area contributed by atoms with Crippen molar-refractivity contribution in [3.8, 4) is 0 Å². The molecule has 1 aromatic carbocycles. The predicted octanol–water partition coefficient (Wildman–Crippen LogP) is 1.78. The van der Waals surface area contributed by atoms with Crippen LogP contribution in [0.15, 0.2) is 51.0 Å². The molecule has 1 atom stereocenters. The Morgan fingerprint density at radius 2 is 2.00 bits per heavy atom. The summed E-state index contributed by atoms with van der Waals surface area (Å²) in [5, 5.41) is 0.962. The zero-order valence-corrected chi connectivity index (χ0v) is 15.5. The van der Waals surface area contributed by atoms with E-state index in [1.54, 1.807) is 6.26 Å². The van der Waals surface area contributed by atoms with Crippen molar-refractivity contribution in [1.29, 1.82) is 0 Å². The van der Waals surface area contributed by atoms with Gasteiger partial charge in [-0.05, 0) is 41.7 Å². The lowest BCUT2D eigenvalue weighted by Gasteiger charge is -2.22. The molecule has 2 aliphatic rings. The second kappa shape index (κ2) is 6.95. The number of carbonyl (C=O) groups excluding carboxylic acids is 1. The van der Waals surface area contributed by atoms with Crippen molar-refractivity contribution in [2.75, 3.05) is 39.0 Å². The van der Waals surface area contributed by atoms with Crippen molar-refractivity contribution in [3.63, 3.8) is 0 Å². The molecule has 0 radical (unpaired) electrons. The molecule has 3 heterocycles. The van der Waals surface area contributed by atoms with Gasteiger partial charge in [0.2, 0.25) is 5.91 Å². The minimum absolute atomic E-state index is 0.113. The normalized spacial score (nSPS) is 19.0. The lowest BCUT2D eigenvalue weighted by Crippen LogP contribution is -2.38. The standard InChI is InChI=1S/C17H19N3O3S2/c1-24-18-7-17(21)19-8-13-10-20(11-14(13)9-19)25(22)15-2-3-16-12(6-15)4-5-23-16/h2-6,18H,7-11H2,1H3. The van der Waals surface area contributed by atoms with Crippen LogP contribution in [0.25, 0.3) is 11.0 Å². The molecule has 1 aromatic heterocycles. The molecule has 2 aromatic rings. The summed E-state index contributed by atoms with van der Waals surface area (Å²) in [7, 11) is -1.20. The third kappa shape index (κ3) is 3.27. The Bertz CT molecular complexity index is 859. The fourth-order valence-electron chi connectivity index (χ4n) is 3.29. The van der Waals surface area contributed by atoms with E-state index in [2.05, 4.69) is 4.72 Å². The van der Waals surface area contributed by atoms with E-state index in [0.29, 0.717) is 32.7 Å². The first-order valence-electron chi connectivity index (χ1n) is 8.03. The average molecular weight is 377 g/mol. The van der Waals surface area contributed by atoms with Gasteiger partial charge >= 0.3 is 0 Å². The molecule has 6 nitrogen and oxygen atoms in total. The number of nitrogens with one attached hydrogen (secondary N) is 1. The first kappa shape index (κ1) is 16.8. The summed E-state index contributed by atoms with van der Waals surface area (Å²) in [5.74, 6) is 0.113. The van der Waals surface area contributed by atoms with Crippen molar-refractivity contribution in [1.82, 2.24) is 13.9 Å². The van der Waals surface area contributed by atoms with Gasteiger partial charge in [-0.2, -0.15) is 0 Å². The number of fused-ring (bicyclic) bond motifs is 1. The molecule has 0 bridgehead atoms. The van der Waals surface area contributed by atoms with Crippen LogP contribution < -0.4 is 4.72 Å². The van der Waals surface area contributed by atoms with E-state index in [0.717, 1.165) is 15.9 Å². The summed E-state index contributed by atoms with van der Waals surface area (Å²) in [4.78, 5) is 14.8. The van der Waals surface area contributed by atoms with Gasteiger partial charge in [-0.15, -0.1) is 0 Å². The number of amides is 1. The zero-order chi connectivity index (χ0) is 17.4. The van der Waals surface area contributed by atoms with Crippen molar-refractivity contribution in [2.24, 2.45) is 0 Å². The predicted molar refractivity (Wildman–Crippen MR) is 99.3 cm³/mol. The maximum atomic E-state index is 12.9. The van der Waals surface area contributed by atoms with Crippen molar-refractivity contribution in [3.05, 3.63) is 41.7 Å². The van der Waals surface area contributed by atoms with Crippen LogP contribution in [0.1, 0.15) is 0 Å². The van der Waals surface area contributed by atoms with E-state index in [9.17, 15) is 9.00 Å². The molecule has 2 aliphatic heterocycles. The topological polar surface area (TPSA) is 65.8 Å². The van der Waals surface area contributed by atoms with Crippen LogP contribution in [-0.4, -0.2) is 58.3 Å². The largest absolute Gasteiger partial charge is 0.464 e. The van der Waals surface area contributed by atoms with Crippen LogP contribution in [-0.2, 0) is 15.8 Å². The first-order chi connectivity index (χ1) is 12.2. The lowest BCUT2D eigenvalue weighted by atomic mass is 10.2. The third-order valence-corrected chi connectivity index (χ3v) is 6.40. The van der Waals surface area contributed by atoms with E-state index in [1.165, 1.54) is 23.1 Å². The molecule has 25 heavy (non-hydrogen) atoms. The molecular weight excluding hydrogens is 358 g/mol. The summed E-state index contributed by atoms with van der Waals surface area (Å²) in [6.07, 6.45) is 3.55. The van der Waals surface area contributed by atoms with Crippen LogP contribution in [0.3, 0.4) is 0 Å². The van der Waals surface area contributed by atoms with Gasteiger partial charge in [0, 0.05) is 31.6 Å². The number of hydrogen-bond donors (Lipinski definition) is 1. The Balaban J connectivity index is 1.39. The van der Waals surface area contributed by atoms with E-state index >= 15 is 0 Å². The molecule has 0 saturated carbocycles. The average Bonchev–Trinajstić information content (AvgIpc) is 3.31. The van der Waals surface area contributed by atoms with Gasteiger partial charge < -0.3 is 9.32 Å². The monoisotopic (exact) mass is 377 g/mol. The van der Waals surface area contributed by atoms with Crippen molar-refractivity contribution < 1.29 is 13.4 Å². The van der Waals surface area contributed by atoms with Gasteiger partial charge in [-0.3, -0.25) is 9.52 Å². The number of carbonyl (C=O) groups is 1. The minimum atomic E-state index is -1.20. The highest BCUT2D eigenvalue weighted by molar-refractivity contribution is 7.96. The zero-order valence-electron chi connectivity index (χ0n) is 13.9. The second-order valence-electron chi connectivity index (χ2n) is 6.15. The molecule has 132 valence electrons. The maximum absolute atomic E-state index is 12.9. The van der Waals surface area contributed by atoms with E-state index in [1.807, 2.05) is 39.7 Å². The molecule has 4 rings (SSSR count). The fourth-order valence-corrected chi connectivity index (χ4v) is 4.81. The van der Waals surface area contributed by atoms with Crippen LogP contribution >= 0.6 is 11.9 Å². The van der Waals surface area contributed by atoms with E-state index in [-0.39, 0.29) is 5.91 Å². The van der Waals surface area contributed by atoms with Gasteiger partial charge in [0.25, 0.3) is 0 Å². The summed E-state index contributed by atoms with van der Waals surface area (Å²) >= 11 is 1.45. The Kier molecular flexibility index (Phi) is 4.68. The fraction of sp³-hybridized carbons (Fsp3) is 0.353. The molecular formula is C17H19N3O3S2. The molecule has 1 N–H and O–H groups in total. The van der Waals surface area contributed by atoms with E-state index in [4.69, 9.17) is 4.42 Å². The third-order valence-electron chi connectivity index (χ3n) is 4.58. The lowest BCUT2D eigenvalue weighted by molar-refractivity contribution is -0.128. The number of benzene rings is 1. The van der Waals surface area contributed by atoms with Crippen LogP contribution in [0.2, 0.25) is 0 Å². The number of nitrogens with zero attached hydrogens (tertiary/aromatic N) is 2. The van der Waals surface area contributed by atoms with Crippen molar-refractivity contribution >= 4 is 39.8 Å². The Morgan fingerprint density at radius 3 is 2.72 bits per heavy atom. The number of rotatable bonds is 5. The van der Waals surface area contributed by atoms with Gasteiger partial charge in [0.1, 0.15) is 16.6 Å². The molecule has 0 aliphatic carbocycles. The SMILES string of the molecule is CSNCC(=O)N1CC2=C(C1)CN(S(=O)c1ccc3occc3c1)C2. The molecule has 0 fully saturated rings. The second-order valence-corrected chi connectivity index (χ2v) is 8.33. The Hall–Kier alpha value is -1.61. The van der Waals surface area contributed by atoms with Crippen LogP contribution in [0.4, 0.5) is 0 Å². The molecule has 8 heteroatoms. The molecule has 1 amide bonds. The smallest absolute Gasteiger partial charge is 0.238 e. The summed E-state index contributed by atoms with van der Waals surface area (Å²) in [5.41, 5.74) is 3.27. The van der Waals surface area contributed by atoms with Gasteiger partial charge in [-0.1, -0.05) is 11.9 Å². The highest BCUT2D eigenvalue weighted by atomic mass is 32.2. The van der Waals surface area contributed by atoms with Crippen LogP contribution in [0, 0.1) is 0 Å². The Labute approximate surface area is 152 Å². The van der Waals surface area contributed by atoms with E-state index < -0.39 is 11.0 Å². The Morgan fingerprint density at radius 1 is 1.24 bits per heavy atom. The molecule has 0 saturated heterocycles. The minimum Gasteiger partial charge on any atom is -0.464 e. The number of hydrogen-bond acceptors (Lipinski definition) is 5. The highest BCUT2D eigenvalue weighted by Gasteiger charge is 2.34. The summed E-state index contributed by atoms with van der Waals surface area (Å²) < 4.78 is 23.2. The molecule has 0 spiro atoms. The quantitative estimate of drug-likeness (QED) is 0.636.